The van der Waals surface area contributed by atoms with Gasteiger partial charge < -0.3 is 15.4 Å². The van der Waals surface area contributed by atoms with Crippen molar-refractivity contribution in [1.82, 2.24) is 5.32 Å². The van der Waals surface area contributed by atoms with E-state index in [2.05, 4.69) is 10.6 Å². The van der Waals surface area contributed by atoms with E-state index in [0.29, 0.717) is 19.6 Å². The van der Waals surface area contributed by atoms with Crippen LogP contribution in [0.15, 0.2) is 42.5 Å². The number of amides is 1. The third-order valence-electron chi connectivity index (χ3n) is 4.32. The van der Waals surface area contributed by atoms with Crippen molar-refractivity contribution in [2.75, 3.05) is 18.5 Å². The Hall–Kier alpha value is -2.61. The Balaban J connectivity index is 1.67. The minimum Gasteiger partial charge on any atom is -0.381 e. The van der Waals surface area contributed by atoms with E-state index in [0.717, 1.165) is 12.1 Å². The van der Waals surface area contributed by atoms with Gasteiger partial charge in [-0.15, -0.1) is 0 Å². The van der Waals surface area contributed by atoms with Crippen molar-refractivity contribution in [2.24, 2.45) is 5.92 Å². The molecule has 2 aromatic rings. The Morgan fingerprint density at radius 3 is 2.63 bits per heavy atom. The van der Waals surface area contributed by atoms with Gasteiger partial charge >= 0.3 is 6.18 Å². The zero-order valence-corrected chi connectivity index (χ0v) is 14.3. The summed E-state index contributed by atoms with van der Waals surface area (Å²) in [6, 6.07) is 8.98. The van der Waals surface area contributed by atoms with Crippen molar-refractivity contribution < 1.29 is 27.1 Å². The first-order chi connectivity index (χ1) is 12.8. The molecule has 8 heteroatoms. The molecule has 144 valence electrons. The number of alkyl halides is 3. The monoisotopic (exact) mass is 382 g/mol. The molecule has 0 radical (unpaired) electrons. The second-order valence-corrected chi connectivity index (χ2v) is 6.25. The summed E-state index contributed by atoms with van der Waals surface area (Å²) in [7, 11) is 0. The first-order valence-corrected chi connectivity index (χ1v) is 8.42. The highest BCUT2D eigenvalue weighted by atomic mass is 19.4. The highest BCUT2D eigenvalue weighted by Crippen LogP contribution is 2.36. The van der Waals surface area contributed by atoms with Crippen LogP contribution in [0.4, 0.5) is 28.9 Å². The van der Waals surface area contributed by atoms with Crippen LogP contribution in [0.1, 0.15) is 17.5 Å². The molecule has 0 aromatic heterocycles. The molecular weight excluding hydrogens is 364 g/mol. The lowest BCUT2D eigenvalue weighted by Crippen LogP contribution is -2.30. The minimum atomic E-state index is -4.52. The molecule has 0 bridgehead atoms. The van der Waals surface area contributed by atoms with Crippen LogP contribution in [-0.2, 0) is 22.3 Å². The molecule has 1 aliphatic heterocycles. The number of rotatable bonds is 5. The fraction of sp³-hybridized carbons (Fsp3) is 0.316. The minimum absolute atomic E-state index is 0.000580. The van der Waals surface area contributed by atoms with Gasteiger partial charge in [0.2, 0.25) is 5.91 Å². The lowest BCUT2D eigenvalue weighted by atomic mass is 10.1. The maximum absolute atomic E-state index is 14.3. The molecule has 2 aromatic carbocycles. The van der Waals surface area contributed by atoms with Crippen molar-refractivity contribution in [1.29, 1.82) is 0 Å². The molecule has 27 heavy (non-hydrogen) atoms. The summed E-state index contributed by atoms with van der Waals surface area (Å²) in [4.78, 5) is 11.9. The molecule has 3 rings (SSSR count). The number of ether oxygens (including phenoxy) is 1. The topological polar surface area (TPSA) is 50.4 Å². The summed E-state index contributed by atoms with van der Waals surface area (Å²) in [5.74, 6) is -1.05. The van der Waals surface area contributed by atoms with E-state index in [1.807, 2.05) is 0 Å². The first kappa shape index (κ1) is 19.2. The summed E-state index contributed by atoms with van der Waals surface area (Å²) in [6.07, 6.45) is -3.88. The maximum atomic E-state index is 14.3. The molecule has 1 atom stereocenters. The number of nitrogens with one attached hydrogen (secondary N) is 2. The second kappa shape index (κ2) is 7.96. The van der Waals surface area contributed by atoms with Crippen LogP contribution >= 0.6 is 0 Å². The SMILES string of the molecule is O=C(NCc1ccc(Nc2ccccc2C(F)(F)F)cc1F)C1CCOC1. The van der Waals surface area contributed by atoms with Gasteiger partial charge in [-0.1, -0.05) is 18.2 Å². The van der Waals surface area contributed by atoms with Crippen molar-refractivity contribution in [3.05, 3.63) is 59.4 Å². The Kier molecular flexibility index (Phi) is 5.65. The van der Waals surface area contributed by atoms with Crippen LogP contribution in [0.5, 0.6) is 0 Å². The zero-order valence-electron chi connectivity index (χ0n) is 14.3. The number of anilines is 2. The Labute approximate surface area is 153 Å². The average molecular weight is 382 g/mol. The van der Waals surface area contributed by atoms with Crippen LogP contribution in [0.3, 0.4) is 0 Å². The quantitative estimate of drug-likeness (QED) is 0.761. The van der Waals surface area contributed by atoms with Gasteiger partial charge in [-0.05, 0) is 30.7 Å². The van der Waals surface area contributed by atoms with Crippen molar-refractivity contribution >= 4 is 17.3 Å². The standard InChI is InChI=1S/C19H18F4N2O2/c20-16-9-14(25-17-4-2-1-3-15(17)19(21,22)23)6-5-12(16)10-24-18(26)13-7-8-27-11-13/h1-6,9,13,25H,7-8,10-11H2,(H,24,26). The smallest absolute Gasteiger partial charge is 0.381 e. The van der Waals surface area contributed by atoms with Gasteiger partial charge in [-0.3, -0.25) is 4.79 Å². The molecule has 1 aliphatic rings. The van der Waals surface area contributed by atoms with Crippen molar-refractivity contribution in [3.63, 3.8) is 0 Å². The molecule has 1 saturated heterocycles. The molecular formula is C19H18F4N2O2. The fourth-order valence-corrected chi connectivity index (χ4v) is 2.83. The summed E-state index contributed by atoms with van der Waals surface area (Å²) in [6.45, 7) is 0.891. The molecule has 0 saturated carbocycles. The molecule has 4 nitrogen and oxygen atoms in total. The Bertz CT molecular complexity index is 818. The number of hydrogen-bond acceptors (Lipinski definition) is 3. The number of hydrogen-bond donors (Lipinski definition) is 2. The third kappa shape index (κ3) is 4.77. The number of carbonyl (C=O) groups is 1. The summed E-state index contributed by atoms with van der Waals surface area (Å²) < 4.78 is 58.5. The van der Waals surface area contributed by atoms with Gasteiger partial charge in [-0.2, -0.15) is 13.2 Å². The van der Waals surface area contributed by atoms with Crippen LogP contribution in [0.25, 0.3) is 0 Å². The molecule has 1 unspecified atom stereocenters. The average Bonchev–Trinajstić information content (AvgIpc) is 3.15. The van der Waals surface area contributed by atoms with Crippen molar-refractivity contribution in [3.8, 4) is 0 Å². The summed E-state index contributed by atoms with van der Waals surface area (Å²) >= 11 is 0. The van der Waals surface area contributed by atoms with Gasteiger partial charge in [0.1, 0.15) is 5.82 Å². The molecule has 1 amide bonds. The van der Waals surface area contributed by atoms with E-state index in [1.165, 1.54) is 30.3 Å². The van der Waals surface area contributed by atoms with Crippen molar-refractivity contribution in [2.45, 2.75) is 19.1 Å². The van der Waals surface area contributed by atoms with Crippen LogP contribution < -0.4 is 10.6 Å². The lowest BCUT2D eigenvalue weighted by Gasteiger charge is -2.15. The van der Waals surface area contributed by atoms with E-state index in [-0.39, 0.29) is 35.3 Å². The normalized spacial score (nSPS) is 17.0. The van der Waals surface area contributed by atoms with Crippen LogP contribution in [0.2, 0.25) is 0 Å². The predicted molar refractivity (Wildman–Crippen MR) is 91.9 cm³/mol. The van der Waals surface area contributed by atoms with Gasteiger partial charge in [-0.25, -0.2) is 4.39 Å². The largest absolute Gasteiger partial charge is 0.418 e. The van der Waals surface area contributed by atoms with Gasteiger partial charge in [0.05, 0.1) is 23.8 Å². The lowest BCUT2D eigenvalue weighted by molar-refractivity contribution is -0.137. The summed E-state index contributed by atoms with van der Waals surface area (Å²) in [5.41, 5.74) is -0.562. The number of halogens is 4. The van der Waals surface area contributed by atoms with Crippen LogP contribution in [-0.4, -0.2) is 19.1 Å². The molecule has 1 fully saturated rings. The highest BCUT2D eigenvalue weighted by Gasteiger charge is 2.33. The maximum Gasteiger partial charge on any atom is 0.418 e. The number of carbonyl (C=O) groups excluding carboxylic acids is 1. The molecule has 0 spiro atoms. The number of benzene rings is 2. The van der Waals surface area contributed by atoms with E-state index in [1.54, 1.807) is 0 Å². The molecule has 1 heterocycles. The first-order valence-electron chi connectivity index (χ1n) is 8.42. The molecule has 0 aliphatic carbocycles. The third-order valence-corrected chi connectivity index (χ3v) is 4.32. The Morgan fingerprint density at radius 1 is 1.19 bits per heavy atom. The van der Waals surface area contributed by atoms with Crippen LogP contribution in [0, 0.1) is 11.7 Å². The summed E-state index contributed by atoms with van der Waals surface area (Å²) in [5, 5.41) is 5.24. The number of para-hydroxylation sites is 1. The van der Waals surface area contributed by atoms with Gasteiger partial charge in [0, 0.05) is 24.4 Å². The van der Waals surface area contributed by atoms with Gasteiger partial charge in [0.25, 0.3) is 0 Å². The highest BCUT2D eigenvalue weighted by molar-refractivity contribution is 5.79. The fourth-order valence-electron chi connectivity index (χ4n) is 2.83. The second-order valence-electron chi connectivity index (χ2n) is 6.25. The van der Waals surface area contributed by atoms with E-state index in [9.17, 15) is 22.4 Å². The Morgan fingerprint density at radius 2 is 1.96 bits per heavy atom. The van der Waals surface area contributed by atoms with Gasteiger partial charge in [0.15, 0.2) is 0 Å². The molecule has 2 N–H and O–H groups in total. The van der Waals surface area contributed by atoms with E-state index >= 15 is 0 Å². The predicted octanol–water partition coefficient (Wildman–Crippen LogP) is 4.24. The van der Waals surface area contributed by atoms with E-state index in [4.69, 9.17) is 4.74 Å². The zero-order chi connectivity index (χ0) is 19.4. The van der Waals surface area contributed by atoms with E-state index < -0.39 is 17.6 Å².